The first-order chi connectivity index (χ1) is 9.63. The van der Waals surface area contributed by atoms with Crippen LogP contribution in [0, 0.1) is 5.92 Å². The third kappa shape index (κ3) is 2.82. The molecule has 2 aliphatic rings. The SMILES string of the molecule is CC(C)Oc1nc(Cl)nc(N2CCC3CCCCC32)n1. The summed E-state index contributed by atoms with van der Waals surface area (Å²) in [6, 6.07) is 0.892. The molecule has 3 rings (SSSR count). The molecule has 1 aromatic rings. The van der Waals surface area contributed by atoms with Crippen LogP contribution in [-0.2, 0) is 0 Å². The monoisotopic (exact) mass is 296 g/mol. The Bertz CT molecular complexity index is 482. The van der Waals surface area contributed by atoms with Crippen molar-refractivity contribution < 1.29 is 4.74 Å². The fourth-order valence-electron chi connectivity index (χ4n) is 3.37. The maximum absolute atomic E-state index is 6.02. The van der Waals surface area contributed by atoms with Crippen LogP contribution in [0.3, 0.4) is 0 Å². The first-order valence-corrected chi connectivity index (χ1v) is 7.86. The van der Waals surface area contributed by atoms with E-state index in [1.54, 1.807) is 0 Å². The Hall–Kier alpha value is -1.10. The molecule has 6 heteroatoms. The van der Waals surface area contributed by atoms with Crippen molar-refractivity contribution in [3.63, 3.8) is 0 Å². The van der Waals surface area contributed by atoms with Crippen LogP contribution in [0.4, 0.5) is 5.95 Å². The van der Waals surface area contributed by atoms with Crippen molar-refractivity contribution in [2.24, 2.45) is 5.92 Å². The predicted octanol–water partition coefficient (Wildman–Crippen LogP) is 3.08. The van der Waals surface area contributed by atoms with Crippen LogP contribution in [0.1, 0.15) is 46.0 Å². The van der Waals surface area contributed by atoms with Gasteiger partial charge in [-0.1, -0.05) is 12.8 Å². The second-order valence-electron chi connectivity index (χ2n) is 5.95. The van der Waals surface area contributed by atoms with Gasteiger partial charge in [-0.05, 0) is 50.6 Å². The predicted molar refractivity (Wildman–Crippen MR) is 78.3 cm³/mol. The Morgan fingerprint density at radius 3 is 2.75 bits per heavy atom. The Balaban J connectivity index is 1.84. The van der Waals surface area contributed by atoms with Crippen molar-refractivity contribution in [2.45, 2.75) is 58.1 Å². The van der Waals surface area contributed by atoms with Gasteiger partial charge in [-0.15, -0.1) is 0 Å². The van der Waals surface area contributed by atoms with Crippen LogP contribution in [0.5, 0.6) is 6.01 Å². The van der Waals surface area contributed by atoms with Crippen LogP contribution in [0.25, 0.3) is 0 Å². The van der Waals surface area contributed by atoms with Gasteiger partial charge in [0.25, 0.3) is 0 Å². The maximum Gasteiger partial charge on any atom is 0.322 e. The van der Waals surface area contributed by atoms with Gasteiger partial charge in [0.05, 0.1) is 6.10 Å². The lowest BCUT2D eigenvalue weighted by atomic mass is 9.85. The van der Waals surface area contributed by atoms with Gasteiger partial charge in [0.2, 0.25) is 11.2 Å². The van der Waals surface area contributed by atoms with Crippen molar-refractivity contribution in [1.82, 2.24) is 15.0 Å². The van der Waals surface area contributed by atoms with Gasteiger partial charge in [0.1, 0.15) is 0 Å². The average molecular weight is 297 g/mol. The highest BCUT2D eigenvalue weighted by molar-refractivity contribution is 6.28. The van der Waals surface area contributed by atoms with Crippen LogP contribution in [0.15, 0.2) is 0 Å². The number of fused-ring (bicyclic) bond motifs is 1. The van der Waals surface area contributed by atoms with E-state index in [0.717, 1.165) is 12.5 Å². The van der Waals surface area contributed by atoms with E-state index in [1.165, 1.54) is 32.1 Å². The Labute approximate surface area is 124 Å². The summed E-state index contributed by atoms with van der Waals surface area (Å²) in [6.45, 7) is 4.91. The highest BCUT2D eigenvalue weighted by Crippen LogP contribution is 2.38. The zero-order valence-electron chi connectivity index (χ0n) is 12.0. The molecule has 20 heavy (non-hydrogen) atoms. The van der Waals surface area contributed by atoms with Crippen molar-refractivity contribution in [3.8, 4) is 6.01 Å². The molecule has 1 aliphatic heterocycles. The minimum atomic E-state index is 0.0299. The van der Waals surface area contributed by atoms with Gasteiger partial charge in [0, 0.05) is 12.6 Å². The molecule has 0 N–H and O–H groups in total. The molecule has 2 atom stereocenters. The number of hydrogen-bond acceptors (Lipinski definition) is 5. The molecule has 0 bridgehead atoms. The molecule has 110 valence electrons. The van der Waals surface area contributed by atoms with Gasteiger partial charge in [0.15, 0.2) is 0 Å². The van der Waals surface area contributed by atoms with E-state index in [9.17, 15) is 0 Å². The number of anilines is 1. The molecule has 1 aliphatic carbocycles. The maximum atomic E-state index is 6.02. The molecule has 5 nitrogen and oxygen atoms in total. The Morgan fingerprint density at radius 2 is 1.95 bits per heavy atom. The summed E-state index contributed by atoms with van der Waals surface area (Å²) in [4.78, 5) is 15.1. The normalized spacial score (nSPS) is 25.9. The van der Waals surface area contributed by atoms with Gasteiger partial charge in [-0.2, -0.15) is 15.0 Å². The average Bonchev–Trinajstić information content (AvgIpc) is 2.80. The zero-order valence-corrected chi connectivity index (χ0v) is 12.8. The lowest BCUT2D eigenvalue weighted by Gasteiger charge is -2.31. The number of ether oxygens (including phenoxy) is 1. The van der Waals surface area contributed by atoms with E-state index < -0.39 is 0 Å². The summed E-state index contributed by atoms with van der Waals surface area (Å²) in [5.74, 6) is 1.46. The number of rotatable bonds is 3. The molecule has 2 heterocycles. The molecule has 1 saturated heterocycles. The standard InChI is InChI=1S/C14H21ClN4O/c1-9(2)20-14-17-12(15)16-13(18-14)19-8-7-10-5-3-4-6-11(10)19/h9-11H,3-8H2,1-2H3. The molecular weight excluding hydrogens is 276 g/mol. The number of hydrogen-bond donors (Lipinski definition) is 0. The lowest BCUT2D eigenvalue weighted by Crippen LogP contribution is -2.36. The van der Waals surface area contributed by atoms with Crippen LogP contribution in [-0.4, -0.2) is 33.6 Å². The second kappa shape index (κ2) is 5.72. The third-order valence-electron chi connectivity index (χ3n) is 4.18. The fraction of sp³-hybridized carbons (Fsp3) is 0.786. The van der Waals surface area contributed by atoms with Crippen molar-refractivity contribution in [1.29, 1.82) is 0 Å². The molecular formula is C14H21ClN4O. The summed E-state index contributed by atoms with van der Waals surface area (Å²) in [6.07, 6.45) is 6.47. The van der Waals surface area contributed by atoms with Crippen molar-refractivity contribution in [2.75, 3.05) is 11.4 Å². The number of halogens is 1. The Morgan fingerprint density at radius 1 is 1.15 bits per heavy atom. The van der Waals surface area contributed by atoms with Crippen LogP contribution >= 0.6 is 11.6 Å². The van der Waals surface area contributed by atoms with Crippen molar-refractivity contribution in [3.05, 3.63) is 5.28 Å². The van der Waals surface area contributed by atoms with Gasteiger partial charge in [-0.25, -0.2) is 0 Å². The van der Waals surface area contributed by atoms with Gasteiger partial charge < -0.3 is 9.64 Å². The van der Waals surface area contributed by atoms with Crippen molar-refractivity contribution >= 4 is 17.5 Å². The number of nitrogens with zero attached hydrogens (tertiary/aromatic N) is 4. The summed E-state index contributed by atoms with van der Waals surface area (Å²) in [7, 11) is 0. The summed E-state index contributed by atoms with van der Waals surface area (Å²) in [5, 5.41) is 0.213. The molecule has 2 unspecified atom stereocenters. The van der Waals surface area contributed by atoms with E-state index in [0.29, 0.717) is 18.0 Å². The van der Waals surface area contributed by atoms with Gasteiger partial charge in [-0.3, -0.25) is 0 Å². The van der Waals surface area contributed by atoms with E-state index in [1.807, 2.05) is 13.8 Å². The minimum Gasteiger partial charge on any atom is -0.461 e. The largest absolute Gasteiger partial charge is 0.461 e. The molecule has 0 amide bonds. The van der Waals surface area contributed by atoms with E-state index in [4.69, 9.17) is 16.3 Å². The molecule has 0 aromatic carbocycles. The Kier molecular flexibility index (Phi) is 3.96. The number of aromatic nitrogens is 3. The van der Waals surface area contributed by atoms with E-state index >= 15 is 0 Å². The smallest absolute Gasteiger partial charge is 0.322 e. The van der Waals surface area contributed by atoms with Gasteiger partial charge >= 0.3 is 6.01 Å². The highest BCUT2D eigenvalue weighted by Gasteiger charge is 2.37. The molecule has 1 aromatic heterocycles. The topological polar surface area (TPSA) is 51.1 Å². The molecule has 0 radical (unpaired) electrons. The quantitative estimate of drug-likeness (QED) is 0.858. The summed E-state index contributed by atoms with van der Waals surface area (Å²) in [5.41, 5.74) is 0. The summed E-state index contributed by atoms with van der Waals surface area (Å²) >= 11 is 6.02. The lowest BCUT2D eigenvalue weighted by molar-refractivity contribution is 0.221. The minimum absolute atomic E-state index is 0.0299. The first-order valence-electron chi connectivity index (χ1n) is 7.48. The molecule has 1 saturated carbocycles. The van der Waals surface area contributed by atoms with Crippen LogP contribution < -0.4 is 9.64 Å². The molecule has 2 fully saturated rings. The van der Waals surface area contributed by atoms with Crippen LogP contribution in [0.2, 0.25) is 5.28 Å². The third-order valence-corrected chi connectivity index (χ3v) is 4.35. The van der Waals surface area contributed by atoms with E-state index in [2.05, 4.69) is 19.9 Å². The highest BCUT2D eigenvalue weighted by atomic mass is 35.5. The fourth-order valence-corrected chi connectivity index (χ4v) is 3.52. The first kappa shape index (κ1) is 13.9. The van der Waals surface area contributed by atoms with E-state index in [-0.39, 0.29) is 11.4 Å². The zero-order chi connectivity index (χ0) is 14.1. The molecule has 0 spiro atoms. The summed E-state index contributed by atoms with van der Waals surface area (Å²) < 4.78 is 5.56. The second-order valence-corrected chi connectivity index (χ2v) is 6.29.